The summed E-state index contributed by atoms with van der Waals surface area (Å²) in [5, 5.41) is 5.85. The van der Waals surface area contributed by atoms with Gasteiger partial charge in [0.15, 0.2) is 0 Å². The van der Waals surface area contributed by atoms with Crippen LogP contribution in [-0.4, -0.2) is 15.9 Å². The second kappa shape index (κ2) is 7.15. The van der Waals surface area contributed by atoms with Crippen LogP contribution in [0.2, 0.25) is 0 Å². The molecule has 2 heterocycles. The van der Waals surface area contributed by atoms with E-state index in [2.05, 4.69) is 15.3 Å². The Morgan fingerprint density at radius 1 is 1.17 bits per heavy atom. The second-order valence-electron chi connectivity index (χ2n) is 5.26. The zero-order valence-corrected chi connectivity index (χ0v) is 13.6. The highest BCUT2D eigenvalue weighted by molar-refractivity contribution is 7.09. The molecule has 23 heavy (non-hydrogen) atoms. The lowest BCUT2D eigenvalue weighted by Crippen LogP contribution is -2.12. The van der Waals surface area contributed by atoms with Crippen LogP contribution in [0.25, 0.3) is 11.4 Å². The first-order chi connectivity index (χ1) is 11.2. The number of aromatic nitrogens is 2. The van der Waals surface area contributed by atoms with Gasteiger partial charge in [-0.2, -0.15) is 0 Å². The van der Waals surface area contributed by atoms with Crippen molar-refractivity contribution >= 4 is 22.9 Å². The number of carbonyl (C=O) groups excluding carboxylic acids is 1. The van der Waals surface area contributed by atoms with Gasteiger partial charge in [0.2, 0.25) is 5.91 Å². The minimum Gasteiger partial charge on any atom is -0.326 e. The molecule has 0 saturated carbocycles. The molecule has 0 radical (unpaired) electrons. The summed E-state index contributed by atoms with van der Waals surface area (Å²) in [5.74, 6) is 0.00480. The third-order valence-corrected chi connectivity index (χ3v) is 4.26. The maximum absolute atomic E-state index is 12.0. The van der Waals surface area contributed by atoms with Crippen molar-refractivity contribution in [3.05, 3.63) is 64.6 Å². The molecule has 0 aliphatic heterocycles. The van der Waals surface area contributed by atoms with Crippen LogP contribution in [0, 0.1) is 6.92 Å². The van der Waals surface area contributed by atoms with Gasteiger partial charge in [-0.05, 0) is 36.8 Å². The molecule has 4 nitrogen and oxygen atoms in total. The number of nitrogens with zero attached hydrogens (tertiary/aromatic N) is 2. The first kappa shape index (κ1) is 15.4. The third-order valence-electron chi connectivity index (χ3n) is 3.35. The fourth-order valence-corrected chi connectivity index (χ4v) is 3.02. The topological polar surface area (TPSA) is 54.9 Å². The molecule has 0 saturated heterocycles. The molecule has 1 amide bonds. The van der Waals surface area contributed by atoms with E-state index >= 15 is 0 Å². The van der Waals surface area contributed by atoms with Crippen molar-refractivity contribution in [1.29, 1.82) is 0 Å². The van der Waals surface area contributed by atoms with Gasteiger partial charge in [0.05, 0.1) is 16.4 Å². The normalized spacial score (nSPS) is 10.5. The maximum atomic E-state index is 12.0. The molecule has 1 N–H and O–H groups in total. The molecular formula is C18H17N3OS. The van der Waals surface area contributed by atoms with E-state index in [1.54, 1.807) is 17.5 Å². The summed E-state index contributed by atoms with van der Waals surface area (Å²) < 4.78 is 0. The number of rotatable bonds is 5. The number of hydrogen-bond donors (Lipinski definition) is 1. The van der Waals surface area contributed by atoms with E-state index in [0.29, 0.717) is 12.8 Å². The molecule has 5 heteroatoms. The number of carbonyl (C=O) groups is 1. The summed E-state index contributed by atoms with van der Waals surface area (Å²) >= 11 is 1.56. The fourth-order valence-electron chi connectivity index (χ4n) is 2.22. The molecule has 0 fully saturated rings. The van der Waals surface area contributed by atoms with Crippen molar-refractivity contribution in [2.75, 3.05) is 5.32 Å². The lowest BCUT2D eigenvalue weighted by atomic mass is 10.2. The molecule has 0 aliphatic carbocycles. The van der Waals surface area contributed by atoms with Crippen molar-refractivity contribution in [3.8, 4) is 11.4 Å². The van der Waals surface area contributed by atoms with Crippen LogP contribution in [0.15, 0.2) is 54.0 Å². The number of pyridine rings is 1. The van der Waals surface area contributed by atoms with Crippen LogP contribution >= 0.6 is 11.3 Å². The van der Waals surface area contributed by atoms with Gasteiger partial charge < -0.3 is 5.32 Å². The Labute approximate surface area is 139 Å². The summed E-state index contributed by atoms with van der Waals surface area (Å²) in [6.45, 7) is 2.00. The summed E-state index contributed by atoms with van der Waals surface area (Å²) in [5.41, 5.74) is 3.69. The van der Waals surface area contributed by atoms with Crippen molar-refractivity contribution in [3.63, 3.8) is 0 Å². The van der Waals surface area contributed by atoms with Crippen molar-refractivity contribution in [2.24, 2.45) is 0 Å². The largest absolute Gasteiger partial charge is 0.326 e. The average Bonchev–Trinajstić information content (AvgIpc) is 3.03. The van der Waals surface area contributed by atoms with E-state index in [9.17, 15) is 4.79 Å². The second-order valence-corrected chi connectivity index (χ2v) is 6.20. The number of anilines is 1. The average molecular weight is 323 g/mol. The Morgan fingerprint density at radius 2 is 2.09 bits per heavy atom. The molecule has 0 spiro atoms. The van der Waals surface area contributed by atoms with Crippen LogP contribution in [-0.2, 0) is 11.2 Å². The summed E-state index contributed by atoms with van der Waals surface area (Å²) in [6, 6.07) is 13.6. The Bertz CT molecular complexity index is 799. The van der Waals surface area contributed by atoms with Crippen molar-refractivity contribution < 1.29 is 4.79 Å². The van der Waals surface area contributed by atoms with E-state index in [-0.39, 0.29) is 5.91 Å². The van der Waals surface area contributed by atoms with E-state index in [1.807, 2.05) is 54.8 Å². The zero-order chi connectivity index (χ0) is 16.1. The fraction of sp³-hybridized carbons (Fsp3) is 0.167. The Kier molecular flexibility index (Phi) is 4.78. The highest BCUT2D eigenvalue weighted by atomic mass is 32.1. The van der Waals surface area contributed by atoms with Gasteiger partial charge in [-0.25, -0.2) is 4.98 Å². The quantitative estimate of drug-likeness (QED) is 0.769. The summed E-state index contributed by atoms with van der Waals surface area (Å²) in [4.78, 5) is 20.9. The highest BCUT2D eigenvalue weighted by Gasteiger charge is 2.08. The first-order valence-corrected chi connectivity index (χ1v) is 8.31. The molecule has 116 valence electrons. The number of thiazole rings is 1. The molecule has 1 aromatic carbocycles. The van der Waals surface area contributed by atoms with Crippen molar-refractivity contribution in [2.45, 2.75) is 19.8 Å². The standard InChI is InChI=1S/C18H17N3OS/c1-13-5-4-6-14(11-13)20-17(22)8-9-18-21-16(12-23-18)15-7-2-3-10-19-15/h2-7,10-12H,8-9H2,1H3,(H,20,22). The Hall–Kier alpha value is -2.53. The van der Waals surface area contributed by atoms with Gasteiger partial charge in [-0.1, -0.05) is 18.2 Å². The lowest BCUT2D eigenvalue weighted by Gasteiger charge is -2.05. The monoisotopic (exact) mass is 323 g/mol. The van der Waals surface area contributed by atoms with Gasteiger partial charge in [0, 0.05) is 30.1 Å². The van der Waals surface area contributed by atoms with Gasteiger partial charge in [-0.3, -0.25) is 9.78 Å². The van der Waals surface area contributed by atoms with Gasteiger partial charge in [0.25, 0.3) is 0 Å². The smallest absolute Gasteiger partial charge is 0.224 e. The molecule has 0 atom stereocenters. The van der Waals surface area contributed by atoms with Gasteiger partial charge >= 0.3 is 0 Å². The van der Waals surface area contributed by atoms with E-state index in [4.69, 9.17) is 0 Å². The molecule has 3 aromatic rings. The number of hydrogen-bond acceptors (Lipinski definition) is 4. The molecular weight excluding hydrogens is 306 g/mol. The molecule has 0 bridgehead atoms. The van der Waals surface area contributed by atoms with Crippen LogP contribution in [0.3, 0.4) is 0 Å². The van der Waals surface area contributed by atoms with E-state index < -0.39 is 0 Å². The molecule has 3 rings (SSSR count). The highest BCUT2D eigenvalue weighted by Crippen LogP contribution is 2.20. The number of nitrogens with one attached hydrogen (secondary N) is 1. The van der Waals surface area contributed by atoms with Crippen LogP contribution in [0.4, 0.5) is 5.69 Å². The zero-order valence-electron chi connectivity index (χ0n) is 12.8. The number of aryl methyl sites for hydroxylation is 2. The van der Waals surface area contributed by atoms with Crippen molar-refractivity contribution in [1.82, 2.24) is 9.97 Å². The Morgan fingerprint density at radius 3 is 2.87 bits per heavy atom. The first-order valence-electron chi connectivity index (χ1n) is 7.43. The predicted octanol–water partition coefficient (Wildman–Crippen LogP) is 4.08. The minimum absolute atomic E-state index is 0.00480. The van der Waals surface area contributed by atoms with Crippen LogP contribution < -0.4 is 5.32 Å². The molecule has 2 aromatic heterocycles. The lowest BCUT2D eigenvalue weighted by molar-refractivity contribution is -0.116. The minimum atomic E-state index is 0.00480. The van der Waals surface area contributed by atoms with Gasteiger partial charge in [-0.15, -0.1) is 11.3 Å². The van der Waals surface area contributed by atoms with Crippen LogP contribution in [0.5, 0.6) is 0 Å². The summed E-state index contributed by atoms with van der Waals surface area (Å²) in [7, 11) is 0. The molecule has 0 aliphatic rings. The number of amides is 1. The number of benzene rings is 1. The van der Waals surface area contributed by atoms with E-state index in [0.717, 1.165) is 27.6 Å². The third kappa shape index (κ3) is 4.23. The predicted molar refractivity (Wildman–Crippen MR) is 93.5 cm³/mol. The van der Waals surface area contributed by atoms with Gasteiger partial charge in [0.1, 0.15) is 0 Å². The molecule has 0 unspecified atom stereocenters. The summed E-state index contributed by atoms with van der Waals surface area (Å²) in [6.07, 6.45) is 2.81. The van der Waals surface area contributed by atoms with Crippen LogP contribution in [0.1, 0.15) is 17.0 Å². The Balaban J connectivity index is 1.56. The SMILES string of the molecule is Cc1cccc(NC(=O)CCc2nc(-c3ccccn3)cs2)c1. The maximum Gasteiger partial charge on any atom is 0.224 e. The van der Waals surface area contributed by atoms with E-state index in [1.165, 1.54) is 0 Å².